The van der Waals surface area contributed by atoms with Crippen molar-refractivity contribution in [1.82, 2.24) is 9.80 Å². The fraction of sp³-hybridized carbons (Fsp3) is 0.846. The van der Waals surface area contributed by atoms with Crippen molar-refractivity contribution in [2.45, 2.75) is 31.7 Å². The molecule has 2 unspecified atom stereocenters. The van der Waals surface area contributed by atoms with Gasteiger partial charge in [0.25, 0.3) is 0 Å². The van der Waals surface area contributed by atoms with E-state index in [2.05, 4.69) is 0 Å². The van der Waals surface area contributed by atoms with E-state index in [1.807, 2.05) is 9.80 Å². The van der Waals surface area contributed by atoms with Gasteiger partial charge in [0.1, 0.15) is 0 Å². The molecule has 18 heavy (non-hydrogen) atoms. The lowest BCUT2D eigenvalue weighted by Gasteiger charge is -2.21. The SMILES string of the molecule is O=C1CC(CO)CN1CC1CC(=O)N(C2CC2)C1. The summed E-state index contributed by atoms with van der Waals surface area (Å²) in [6.07, 6.45) is 3.34. The Kier molecular flexibility index (Phi) is 3.01. The summed E-state index contributed by atoms with van der Waals surface area (Å²) in [6, 6.07) is 0.488. The molecule has 0 aromatic carbocycles. The molecule has 1 N–H and O–H groups in total. The summed E-state index contributed by atoms with van der Waals surface area (Å²) in [5.74, 6) is 0.771. The van der Waals surface area contributed by atoms with Gasteiger partial charge in [-0.05, 0) is 12.8 Å². The second kappa shape index (κ2) is 4.53. The van der Waals surface area contributed by atoms with Crippen LogP contribution in [0.25, 0.3) is 0 Å². The van der Waals surface area contributed by atoms with Gasteiger partial charge in [0, 0.05) is 57.0 Å². The zero-order valence-corrected chi connectivity index (χ0v) is 10.5. The smallest absolute Gasteiger partial charge is 0.223 e. The Morgan fingerprint density at radius 2 is 1.78 bits per heavy atom. The highest BCUT2D eigenvalue weighted by Gasteiger charge is 2.41. The van der Waals surface area contributed by atoms with Crippen LogP contribution in [0.1, 0.15) is 25.7 Å². The van der Waals surface area contributed by atoms with E-state index in [4.69, 9.17) is 5.11 Å². The van der Waals surface area contributed by atoms with E-state index in [0.717, 1.165) is 19.4 Å². The van der Waals surface area contributed by atoms with Crippen LogP contribution in [0.15, 0.2) is 0 Å². The van der Waals surface area contributed by atoms with Crippen LogP contribution in [-0.2, 0) is 9.59 Å². The molecule has 2 aliphatic heterocycles. The van der Waals surface area contributed by atoms with Crippen LogP contribution in [0.3, 0.4) is 0 Å². The molecule has 0 radical (unpaired) electrons. The van der Waals surface area contributed by atoms with Gasteiger partial charge in [-0.3, -0.25) is 9.59 Å². The molecule has 3 rings (SSSR count). The van der Waals surface area contributed by atoms with Crippen molar-refractivity contribution < 1.29 is 14.7 Å². The van der Waals surface area contributed by atoms with Gasteiger partial charge in [-0.25, -0.2) is 0 Å². The molecular formula is C13H20N2O3. The van der Waals surface area contributed by atoms with Crippen LogP contribution in [0, 0.1) is 11.8 Å². The molecule has 0 spiro atoms. The van der Waals surface area contributed by atoms with Gasteiger partial charge in [0.2, 0.25) is 11.8 Å². The lowest BCUT2D eigenvalue weighted by molar-refractivity contribution is -0.129. The maximum atomic E-state index is 11.8. The third kappa shape index (κ3) is 2.23. The van der Waals surface area contributed by atoms with Gasteiger partial charge in [0.15, 0.2) is 0 Å². The second-order valence-corrected chi connectivity index (χ2v) is 5.90. The van der Waals surface area contributed by atoms with Crippen LogP contribution in [0.4, 0.5) is 0 Å². The first kappa shape index (κ1) is 12.0. The van der Waals surface area contributed by atoms with Gasteiger partial charge >= 0.3 is 0 Å². The summed E-state index contributed by atoms with van der Waals surface area (Å²) in [5.41, 5.74) is 0. The molecule has 2 saturated heterocycles. The largest absolute Gasteiger partial charge is 0.396 e. The highest BCUT2D eigenvalue weighted by atomic mass is 16.3. The van der Waals surface area contributed by atoms with E-state index in [1.54, 1.807) is 0 Å². The Morgan fingerprint density at radius 1 is 1.06 bits per heavy atom. The summed E-state index contributed by atoms with van der Waals surface area (Å²) in [4.78, 5) is 27.4. The van der Waals surface area contributed by atoms with Crippen LogP contribution in [0.2, 0.25) is 0 Å². The fourth-order valence-electron chi connectivity index (χ4n) is 3.13. The zero-order chi connectivity index (χ0) is 12.7. The van der Waals surface area contributed by atoms with E-state index in [9.17, 15) is 9.59 Å². The van der Waals surface area contributed by atoms with Crippen LogP contribution in [-0.4, -0.2) is 59.0 Å². The number of hydrogen-bond donors (Lipinski definition) is 1. The van der Waals surface area contributed by atoms with E-state index in [0.29, 0.717) is 37.9 Å². The lowest BCUT2D eigenvalue weighted by Crippen LogP contribution is -2.33. The quantitative estimate of drug-likeness (QED) is 0.756. The fourth-order valence-corrected chi connectivity index (χ4v) is 3.13. The highest BCUT2D eigenvalue weighted by molar-refractivity contribution is 5.80. The zero-order valence-electron chi connectivity index (χ0n) is 10.5. The number of aliphatic hydroxyl groups excluding tert-OH is 1. The molecule has 0 bridgehead atoms. The Hall–Kier alpha value is -1.10. The number of carbonyl (C=O) groups is 2. The van der Waals surface area contributed by atoms with Crippen molar-refractivity contribution in [3.63, 3.8) is 0 Å². The van der Waals surface area contributed by atoms with E-state index < -0.39 is 0 Å². The number of hydrogen-bond acceptors (Lipinski definition) is 3. The number of aliphatic hydroxyl groups is 1. The summed E-state index contributed by atoms with van der Waals surface area (Å²) < 4.78 is 0. The van der Waals surface area contributed by atoms with Gasteiger partial charge in [-0.15, -0.1) is 0 Å². The van der Waals surface area contributed by atoms with Crippen molar-refractivity contribution >= 4 is 11.8 Å². The number of rotatable bonds is 4. The van der Waals surface area contributed by atoms with Crippen molar-refractivity contribution in [1.29, 1.82) is 0 Å². The van der Waals surface area contributed by atoms with Gasteiger partial charge in [-0.2, -0.15) is 0 Å². The van der Waals surface area contributed by atoms with E-state index in [1.165, 1.54) is 0 Å². The van der Waals surface area contributed by atoms with Crippen LogP contribution >= 0.6 is 0 Å². The minimum atomic E-state index is 0.0834. The third-order valence-corrected chi connectivity index (χ3v) is 4.26. The molecule has 5 nitrogen and oxygen atoms in total. The third-order valence-electron chi connectivity index (χ3n) is 4.26. The first-order valence-corrected chi connectivity index (χ1v) is 6.85. The Balaban J connectivity index is 1.54. The number of nitrogens with zero attached hydrogens (tertiary/aromatic N) is 2. The minimum Gasteiger partial charge on any atom is -0.396 e. The number of amides is 2. The molecule has 0 aromatic rings. The molecule has 1 aliphatic carbocycles. The molecule has 2 heterocycles. The predicted molar refractivity (Wildman–Crippen MR) is 64.6 cm³/mol. The Labute approximate surface area is 107 Å². The number of carbonyl (C=O) groups excluding carboxylic acids is 2. The molecule has 0 aromatic heterocycles. The van der Waals surface area contributed by atoms with E-state index in [-0.39, 0.29) is 24.3 Å². The van der Waals surface area contributed by atoms with Crippen molar-refractivity contribution in [2.75, 3.05) is 26.2 Å². The average Bonchev–Trinajstić information content (AvgIpc) is 3.04. The summed E-state index contributed by atoms with van der Waals surface area (Å²) in [5, 5.41) is 9.09. The summed E-state index contributed by atoms with van der Waals surface area (Å²) in [6.45, 7) is 2.24. The average molecular weight is 252 g/mol. The standard InChI is InChI=1S/C13H20N2O3/c16-8-10-4-12(17)14(6-10)5-9-3-13(18)15(7-9)11-1-2-11/h9-11,16H,1-8H2. The normalized spacial score (nSPS) is 32.7. The van der Waals surface area contributed by atoms with Crippen molar-refractivity contribution in [3.05, 3.63) is 0 Å². The summed E-state index contributed by atoms with van der Waals surface area (Å²) >= 11 is 0. The minimum absolute atomic E-state index is 0.0834. The van der Waals surface area contributed by atoms with Crippen molar-refractivity contribution in [2.24, 2.45) is 11.8 Å². The Morgan fingerprint density at radius 3 is 2.39 bits per heavy atom. The first-order chi connectivity index (χ1) is 8.67. The maximum absolute atomic E-state index is 11.8. The summed E-state index contributed by atoms with van der Waals surface area (Å²) in [7, 11) is 0. The van der Waals surface area contributed by atoms with Crippen molar-refractivity contribution in [3.8, 4) is 0 Å². The number of likely N-dealkylation sites (tertiary alicyclic amines) is 2. The second-order valence-electron chi connectivity index (χ2n) is 5.90. The molecule has 1 saturated carbocycles. The molecule has 2 atom stereocenters. The topological polar surface area (TPSA) is 60.9 Å². The molecule has 100 valence electrons. The predicted octanol–water partition coefficient (Wildman–Crippen LogP) is -0.162. The molecular weight excluding hydrogens is 232 g/mol. The Bertz CT molecular complexity index is 367. The molecule has 3 aliphatic rings. The molecule has 5 heteroatoms. The van der Waals surface area contributed by atoms with Crippen LogP contribution < -0.4 is 0 Å². The molecule has 2 amide bonds. The molecule has 3 fully saturated rings. The first-order valence-electron chi connectivity index (χ1n) is 6.85. The highest BCUT2D eigenvalue weighted by Crippen LogP contribution is 2.33. The lowest BCUT2D eigenvalue weighted by atomic mass is 10.1. The maximum Gasteiger partial charge on any atom is 0.223 e. The van der Waals surface area contributed by atoms with Crippen LogP contribution in [0.5, 0.6) is 0 Å². The van der Waals surface area contributed by atoms with E-state index >= 15 is 0 Å². The monoisotopic (exact) mass is 252 g/mol. The van der Waals surface area contributed by atoms with Gasteiger partial charge < -0.3 is 14.9 Å². The van der Waals surface area contributed by atoms with Gasteiger partial charge in [0.05, 0.1) is 0 Å². The van der Waals surface area contributed by atoms with Gasteiger partial charge in [-0.1, -0.05) is 0 Å².